The van der Waals surface area contributed by atoms with Crippen LogP contribution in [0.25, 0.3) is 0 Å². The van der Waals surface area contributed by atoms with Crippen LogP contribution >= 0.6 is 0 Å². The number of benzene rings is 1. The third kappa shape index (κ3) is 4.48. The Balaban J connectivity index is 1.46. The summed E-state index contributed by atoms with van der Waals surface area (Å²) in [6.45, 7) is 6.90. The van der Waals surface area contributed by atoms with Gasteiger partial charge in [-0.2, -0.15) is 0 Å². The normalized spacial score (nSPS) is 14.0. The van der Waals surface area contributed by atoms with Crippen molar-refractivity contribution in [2.45, 2.75) is 13.8 Å². The molecule has 4 rings (SSSR count). The molecule has 1 fully saturated rings. The summed E-state index contributed by atoms with van der Waals surface area (Å²) in [7, 11) is 0. The lowest BCUT2D eigenvalue weighted by Gasteiger charge is -2.34. The fourth-order valence-corrected chi connectivity index (χ4v) is 3.20. The molecule has 1 aliphatic rings. The van der Waals surface area contributed by atoms with Gasteiger partial charge < -0.3 is 15.1 Å². The molecule has 1 aromatic carbocycles. The predicted molar refractivity (Wildman–Crippen MR) is 112 cm³/mol. The molecule has 0 radical (unpaired) electrons. The van der Waals surface area contributed by atoms with E-state index in [-0.39, 0.29) is 5.91 Å². The maximum Gasteiger partial charge on any atom is 0.274 e. The van der Waals surface area contributed by atoms with Gasteiger partial charge in [-0.05, 0) is 38.1 Å². The first kappa shape index (κ1) is 18.8. The maximum atomic E-state index is 12.7. The molecule has 3 aromatic rings. The van der Waals surface area contributed by atoms with Crippen molar-refractivity contribution < 1.29 is 4.79 Å². The first-order valence-corrected chi connectivity index (χ1v) is 9.59. The van der Waals surface area contributed by atoms with Crippen molar-refractivity contribution in [1.29, 1.82) is 0 Å². The Kier molecular flexibility index (Phi) is 5.33. The average Bonchev–Trinajstić information content (AvgIpc) is 2.75. The number of nitrogens with one attached hydrogen (secondary N) is 1. The van der Waals surface area contributed by atoms with Gasteiger partial charge >= 0.3 is 0 Å². The van der Waals surface area contributed by atoms with E-state index in [1.54, 1.807) is 18.5 Å². The van der Waals surface area contributed by atoms with E-state index in [4.69, 9.17) is 0 Å². The standard InChI is InChI=1S/C21H23N7O/c1-15-4-6-17(7-5-15)25-19(29)18-14-16(2)24-21(26-18)28-12-10-27(11-13-28)20-22-8-3-9-23-20/h3-9,14H,10-13H2,1-2H3,(H,25,29). The van der Waals surface area contributed by atoms with Crippen LogP contribution in [0.4, 0.5) is 17.6 Å². The van der Waals surface area contributed by atoms with Crippen LogP contribution in [0.15, 0.2) is 48.8 Å². The number of hydrogen-bond acceptors (Lipinski definition) is 7. The maximum absolute atomic E-state index is 12.7. The topological polar surface area (TPSA) is 87.1 Å². The molecule has 2 aromatic heterocycles. The number of rotatable bonds is 4. The van der Waals surface area contributed by atoms with Gasteiger partial charge in [0.05, 0.1) is 0 Å². The van der Waals surface area contributed by atoms with Gasteiger partial charge in [0, 0.05) is 50.0 Å². The number of aromatic nitrogens is 4. The van der Waals surface area contributed by atoms with Crippen molar-refractivity contribution in [2.75, 3.05) is 41.3 Å². The highest BCUT2D eigenvalue weighted by Gasteiger charge is 2.22. The molecule has 29 heavy (non-hydrogen) atoms. The summed E-state index contributed by atoms with van der Waals surface area (Å²) in [6.07, 6.45) is 3.49. The zero-order chi connectivity index (χ0) is 20.2. The van der Waals surface area contributed by atoms with Crippen LogP contribution < -0.4 is 15.1 Å². The van der Waals surface area contributed by atoms with Gasteiger partial charge in [0.15, 0.2) is 0 Å². The van der Waals surface area contributed by atoms with Gasteiger partial charge in [0.25, 0.3) is 5.91 Å². The number of carbonyl (C=O) groups is 1. The molecule has 0 bridgehead atoms. The highest BCUT2D eigenvalue weighted by atomic mass is 16.1. The molecular formula is C21H23N7O. The van der Waals surface area contributed by atoms with Crippen LogP contribution in [-0.4, -0.2) is 52.0 Å². The Bertz CT molecular complexity index is 984. The molecule has 1 N–H and O–H groups in total. The number of aryl methyl sites for hydroxylation is 2. The van der Waals surface area contributed by atoms with E-state index in [1.807, 2.05) is 44.2 Å². The Morgan fingerprint density at radius 3 is 2.17 bits per heavy atom. The molecule has 148 valence electrons. The third-order valence-electron chi connectivity index (χ3n) is 4.78. The van der Waals surface area contributed by atoms with E-state index in [2.05, 4.69) is 35.1 Å². The van der Waals surface area contributed by atoms with Crippen LogP contribution in [0.5, 0.6) is 0 Å². The largest absolute Gasteiger partial charge is 0.337 e. The molecule has 8 nitrogen and oxygen atoms in total. The number of hydrogen-bond donors (Lipinski definition) is 1. The van der Waals surface area contributed by atoms with Crippen molar-refractivity contribution in [3.63, 3.8) is 0 Å². The molecule has 1 saturated heterocycles. The summed E-state index contributed by atoms with van der Waals surface area (Å²) in [5.74, 6) is 1.07. The van der Waals surface area contributed by atoms with Crippen LogP contribution in [0.3, 0.4) is 0 Å². The van der Waals surface area contributed by atoms with E-state index < -0.39 is 0 Å². The quantitative estimate of drug-likeness (QED) is 0.733. The van der Waals surface area contributed by atoms with Gasteiger partial charge in [-0.25, -0.2) is 19.9 Å². The lowest BCUT2D eigenvalue weighted by Crippen LogP contribution is -2.47. The van der Waals surface area contributed by atoms with Gasteiger partial charge in [-0.3, -0.25) is 4.79 Å². The highest BCUT2D eigenvalue weighted by Crippen LogP contribution is 2.17. The summed E-state index contributed by atoms with van der Waals surface area (Å²) in [6, 6.07) is 11.2. The Labute approximate surface area is 169 Å². The molecule has 0 saturated carbocycles. The van der Waals surface area contributed by atoms with E-state index in [0.29, 0.717) is 11.6 Å². The van der Waals surface area contributed by atoms with Crippen molar-refractivity contribution >= 4 is 23.5 Å². The molecule has 8 heteroatoms. The second-order valence-corrected chi connectivity index (χ2v) is 7.04. The zero-order valence-corrected chi connectivity index (χ0v) is 16.5. The summed E-state index contributed by atoms with van der Waals surface area (Å²) in [5.41, 5.74) is 3.01. The second-order valence-electron chi connectivity index (χ2n) is 7.04. The van der Waals surface area contributed by atoms with Crippen LogP contribution in [-0.2, 0) is 0 Å². The van der Waals surface area contributed by atoms with Crippen molar-refractivity contribution in [3.8, 4) is 0 Å². The number of piperazine rings is 1. The summed E-state index contributed by atoms with van der Waals surface area (Å²) in [4.78, 5) is 34.6. The minimum atomic E-state index is -0.239. The lowest BCUT2D eigenvalue weighted by molar-refractivity contribution is 0.102. The van der Waals surface area contributed by atoms with Gasteiger partial charge in [0.1, 0.15) is 5.69 Å². The second kappa shape index (κ2) is 8.22. The average molecular weight is 389 g/mol. The van der Waals surface area contributed by atoms with Crippen LogP contribution in [0.1, 0.15) is 21.7 Å². The number of nitrogens with zero attached hydrogens (tertiary/aromatic N) is 6. The van der Waals surface area contributed by atoms with Gasteiger partial charge in [-0.15, -0.1) is 0 Å². The summed E-state index contributed by atoms with van der Waals surface area (Å²) < 4.78 is 0. The number of carbonyl (C=O) groups excluding carboxylic acids is 1. The SMILES string of the molecule is Cc1ccc(NC(=O)c2cc(C)nc(N3CCN(c4ncccn4)CC3)n2)cc1. The Hall–Kier alpha value is -3.55. The lowest BCUT2D eigenvalue weighted by atomic mass is 10.2. The first-order valence-electron chi connectivity index (χ1n) is 9.59. The highest BCUT2D eigenvalue weighted by molar-refractivity contribution is 6.03. The predicted octanol–water partition coefficient (Wildman–Crippen LogP) is 2.46. The van der Waals surface area contributed by atoms with E-state index in [1.165, 1.54) is 0 Å². The first-order chi connectivity index (χ1) is 14.1. The molecule has 0 atom stereocenters. The molecule has 0 aliphatic carbocycles. The Morgan fingerprint density at radius 1 is 0.897 bits per heavy atom. The minimum absolute atomic E-state index is 0.239. The van der Waals surface area contributed by atoms with Crippen molar-refractivity contribution in [2.24, 2.45) is 0 Å². The molecule has 3 heterocycles. The van der Waals surface area contributed by atoms with E-state index >= 15 is 0 Å². The molecule has 1 aliphatic heterocycles. The fourth-order valence-electron chi connectivity index (χ4n) is 3.20. The monoisotopic (exact) mass is 389 g/mol. The smallest absolute Gasteiger partial charge is 0.274 e. The molecular weight excluding hydrogens is 366 g/mol. The number of amides is 1. The molecule has 0 spiro atoms. The third-order valence-corrected chi connectivity index (χ3v) is 4.78. The van der Waals surface area contributed by atoms with Crippen molar-refractivity contribution in [3.05, 3.63) is 65.7 Å². The zero-order valence-electron chi connectivity index (χ0n) is 16.5. The van der Waals surface area contributed by atoms with Crippen molar-refractivity contribution in [1.82, 2.24) is 19.9 Å². The molecule has 1 amide bonds. The van der Waals surface area contributed by atoms with E-state index in [0.717, 1.165) is 49.1 Å². The summed E-state index contributed by atoms with van der Waals surface area (Å²) >= 11 is 0. The minimum Gasteiger partial charge on any atom is -0.337 e. The van der Waals surface area contributed by atoms with Gasteiger partial charge in [-0.1, -0.05) is 17.7 Å². The van der Waals surface area contributed by atoms with Gasteiger partial charge in [0.2, 0.25) is 11.9 Å². The van der Waals surface area contributed by atoms with Crippen LogP contribution in [0.2, 0.25) is 0 Å². The Morgan fingerprint density at radius 2 is 1.52 bits per heavy atom. The molecule has 0 unspecified atom stereocenters. The number of anilines is 3. The van der Waals surface area contributed by atoms with E-state index in [9.17, 15) is 4.79 Å². The fraction of sp³-hybridized carbons (Fsp3) is 0.286. The summed E-state index contributed by atoms with van der Waals surface area (Å²) in [5, 5.41) is 2.90. The van der Waals surface area contributed by atoms with Crippen LogP contribution in [0, 0.1) is 13.8 Å².